The van der Waals surface area contributed by atoms with Crippen molar-refractivity contribution in [3.8, 4) is 0 Å². The largest absolute Gasteiger partial charge is 0.400 e. The minimum atomic E-state index is 0. The summed E-state index contributed by atoms with van der Waals surface area (Å²) in [7, 11) is 3.00. The molecule has 1 rings (SSSR count). The van der Waals surface area contributed by atoms with Crippen LogP contribution in [0, 0.1) is 6.92 Å². The first-order chi connectivity index (χ1) is 7.93. The Labute approximate surface area is 122 Å². The molecule has 1 aliphatic rings. The second kappa shape index (κ2) is 30.0. The van der Waals surface area contributed by atoms with Crippen LogP contribution in [0.25, 0.3) is 0 Å². The van der Waals surface area contributed by atoms with E-state index in [4.69, 9.17) is 15.3 Å². The van der Waals surface area contributed by atoms with Crippen LogP contribution in [0.2, 0.25) is 0 Å². The van der Waals surface area contributed by atoms with Gasteiger partial charge in [-0.3, -0.25) is 0 Å². The molecule has 0 atom stereocenters. The summed E-state index contributed by atoms with van der Waals surface area (Å²) < 4.78 is 0. The van der Waals surface area contributed by atoms with Gasteiger partial charge in [0.2, 0.25) is 0 Å². The molecule has 1 saturated carbocycles. The van der Waals surface area contributed by atoms with E-state index in [1.54, 1.807) is 0 Å². The molecule has 1 aliphatic carbocycles. The van der Waals surface area contributed by atoms with Crippen molar-refractivity contribution in [2.45, 2.75) is 44.6 Å². The van der Waals surface area contributed by atoms with Crippen LogP contribution in [0.15, 0.2) is 0 Å². The second-order valence-electron chi connectivity index (χ2n) is 3.14. The van der Waals surface area contributed by atoms with Crippen molar-refractivity contribution in [3.05, 3.63) is 6.92 Å². The molecular formula is C12H30NO3Ti-. The minimum absolute atomic E-state index is 0. The van der Waals surface area contributed by atoms with Crippen LogP contribution in [-0.2, 0) is 21.7 Å². The molecular weight excluding hydrogens is 254 g/mol. The smallest absolute Gasteiger partial charge is 0.0319 e. The van der Waals surface area contributed by atoms with Gasteiger partial charge in [0.15, 0.2) is 0 Å². The van der Waals surface area contributed by atoms with Crippen LogP contribution in [0.1, 0.15) is 38.5 Å². The van der Waals surface area contributed by atoms with Gasteiger partial charge in [0.1, 0.15) is 0 Å². The quantitative estimate of drug-likeness (QED) is 0.460. The van der Waals surface area contributed by atoms with Crippen molar-refractivity contribution in [3.63, 3.8) is 0 Å². The van der Waals surface area contributed by atoms with Gasteiger partial charge in [0.05, 0.1) is 0 Å². The monoisotopic (exact) mass is 284 g/mol. The zero-order chi connectivity index (χ0) is 13.2. The molecule has 0 radical (unpaired) electrons. The van der Waals surface area contributed by atoms with Gasteiger partial charge >= 0.3 is 0 Å². The first-order valence-electron chi connectivity index (χ1n) is 5.80. The maximum Gasteiger partial charge on any atom is 0.0319 e. The normalized spacial score (nSPS) is 13.6. The van der Waals surface area contributed by atoms with Gasteiger partial charge in [-0.25, -0.2) is 0 Å². The molecule has 0 aliphatic heterocycles. The summed E-state index contributed by atoms with van der Waals surface area (Å²) in [6, 6.07) is 0.815. The summed E-state index contributed by atoms with van der Waals surface area (Å²) in [5, 5.41) is 24.5. The topological polar surface area (TPSA) is 72.7 Å². The molecule has 4 nitrogen and oxygen atoms in total. The average Bonchev–Trinajstić information content (AvgIpc) is 2.44. The minimum Gasteiger partial charge on any atom is -0.400 e. The Hall–Kier alpha value is 0.554. The van der Waals surface area contributed by atoms with Gasteiger partial charge in [0, 0.05) is 49.1 Å². The van der Waals surface area contributed by atoms with E-state index in [2.05, 4.69) is 12.2 Å². The molecule has 0 aromatic heterocycles. The SMILES string of the molecule is CO.CO.CO.[CH2-]CCNC1CCCCC1.[Ti]. The molecule has 0 bridgehead atoms. The second-order valence-corrected chi connectivity index (χ2v) is 3.14. The third kappa shape index (κ3) is 22.2. The summed E-state index contributed by atoms with van der Waals surface area (Å²) in [6.45, 7) is 4.91. The number of hydrogen-bond donors (Lipinski definition) is 4. The fourth-order valence-corrected chi connectivity index (χ4v) is 1.61. The number of nitrogens with one attached hydrogen (secondary N) is 1. The molecule has 1 fully saturated rings. The van der Waals surface area contributed by atoms with Crippen molar-refractivity contribution >= 4 is 0 Å². The predicted octanol–water partition coefficient (Wildman–Crippen LogP) is 0.956. The van der Waals surface area contributed by atoms with E-state index in [1.165, 1.54) is 32.1 Å². The molecule has 106 valence electrons. The van der Waals surface area contributed by atoms with Gasteiger partial charge in [0.25, 0.3) is 0 Å². The van der Waals surface area contributed by atoms with Crippen molar-refractivity contribution in [2.24, 2.45) is 0 Å². The van der Waals surface area contributed by atoms with E-state index < -0.39 is 0 Å². The summed E-state index contributed by atoms with van der Waals surface area (Å²) in [6.07, 6.45) is 8.10. The van der Waals surface area contributed by atoms with E-state index in [0.29, 0.717) is 0 Å². The van der Waals surface area contributed by atoms with Gasteiger partial charge in [-0.15, -0.1) is 0 Å². The molecule has 5 heteroatoms. The van der Waals surface area contributed by atoms with Crippen LogP contribution in [0.5, 0.6) is 0 Å². The van der Waals surface area contributed by atoms with E-state index in [1.807, 2.05) is 0 Å². The molecule has 4 N–H and O–H groups in total. The summed E-state index contributed by atoms with van der Waals surface area (Å²) in [4.78, 5) is 0. The summed E-state index contributed by atoms with van der Waals surface area (Å²) in [5.74, 6) is 0. The van der Waals surface area contributed by atoms with Crippen LogP contribution >= 0.6 is 0 Å². The molecule has 0 saturated heterocycles. The fourth-order valence-electron chi connectivity index (χ4n) is 1.61. The molecule has 0 spiro atoms. The number of aliphatic hydroxyl groups excluding tert-OH is 3. The van der Waals surface area contributed by atoms with E-state index in [0.717, 1.165) is 40.3 Å². The van der Waals surface area contributed by atoms with Crippen LogP contribution in [0.4, 0.5) is 0 Å². The molecule has 0 aromatic carbocycles. The Bertz CT molecular complexity index is 91.8. The third-order valence-electron chi connectivity index (χ3n) is 2.21. The fraction of sp³-hybridized carbons (Fsp3) is 0.917. The van der Waals surface area contributed by atoms with Crippen LogP contribution in [-0.4, -0.2) is 49.2 Å². The standard InChI is InChI=1S/C9H18N.3CH4O.Ti/c1-2-8-10-9-6-4-3-5-7-9;3*1-2;/h9-10H,1-8H2;3*2H,1H3;/q-1;;;;. The van der Waals surface area contributed by atoms with Crippen molar-refractivity contribution < 1.29 is 37.0 Å². The molecule has 0 aromatic rings. The first-order valence-corrected chi connectivity index (χ1v) is 5.80. The Morgan fingerprint density at radius 2 is 1.35 bits per heavy atom. The Balaban J connectivity index is -0.000000106. The maximum atomic E-state index is 7.00. The van der Waals surface area contributed by atoms with Crippen LogP contribution in [0.3, 0.4) is 0 Å². The maximum absolute atomic E-state index is 7.00. The van der Waals surface area contributed by atoms with E-state index in [9.17, 15) is 0 Å². The van der Waals surface area contributed by atoms with Gasteiger partial charge in [-0.1, -0.05) is 19.3 Å². The van der Waals surface area contributed by atoms with Crippen molar-refractivity contribution in [2.75, 3.05) is 27.9 Å². The van der Waals surface area contributed by atoms with Crippen molar-refractivity contribution in [1.29, 1.82) is 0 Å². The van der Waals surface area contributed by atoms with Crippen LogP contribution < -0.4 is 5.32 Å². The zero-order valence-electron chi connectivity index (χ0n) is 11.6. The van der Waals surface area contributed by atoms with Crippen molar-refractivity contribution in [1.82, 2.24) is 5.32 Å². The molecule has 0 unspecified atom stereocenters. The van der Waals surface area contributed by atoms with E-state index in [-0.39, 0.29) is 21.7 Å². The number of aliphatic hydroxyl groups is 3. The molecule has 17 heavy (non-hydrogen) atoms. The van der Waals surface area contributed by atoms with Gasteiger partial charge in [-0.05, 0) is 19.4 Å². The Morgan fingerprint density at radius 3 is 1.71 bits per heavy atom. The number of hydrogen-bond acceptors (Lipinski definition) is 4. The third-order valence-corrected chi connectivity index (χ3v) is 2.21. The molecule has 0 amide bonds. The number of rotatable bonds is 3. The van der Waals surface area contributed by atoms with Gasteiger partial charge < -0.3 is 27.6 Å². The Kier molecular flexibility index (Phi) is 46.2. The zero-order valence-corrected chi connectivity index (χ0v) is 13.1. The summed E-state index contributed by atoms with van der Waals surface area (Å²) >= 11 is 0. The predicted molar refractivity (Wildman–Crippen MR) is 69.3 cm³/mol. The first kappa shape index (κ1) is 26.2. The Morgan fingerprint density at radius 1 is 0.941 bits per heavy atom. The average molecular weight is 284 g/mol. The summed E-state index contributed by atoms with van der Waals surface area (Å²) in [5.41, 5.74) is 0. The van der Waals surface area contributed by atoms with Gasteiger partial charge in [-0.2, -0.15) is 6.42 Å². The van der Waals surface area contributed by atoms with E-state index >= 15 is 0 Å². The molecule has 0 heterocycles.